The summed E-state index contributed by atoms with van der Waals surface area (Å²) < 4.78 is 13.4. The van der Waals surface area contributed by atoms with Gasteiger partial charge in [-0.2, -0.15) is 0 Å². The fraction of sp³-hybridized carbons (Fsp3) is 0.417. The number of anilines is 1. The highest BCUT2D eigenvalue weighted by molar-refractivity contribution is 9.10. The van der Waals surface area contributed by atoms with Crippen LogP contribution in [-0.4, -0.2) is 21.5 Å². The molecule has 1 saturated carbocycles. The summed E-state index contributed by atoms with van der Waals surface area (Å²) in [4.78, 5) is 21.6. The summed E-state index contributed by atoms with van der Waals surface area (Å²) in [5, 5.41) is 23.0. The van der Waals surface area contributed by atoms with E-state index in [4.69, 9.17) is 0 Å². The van der Waals surface area contributed by atoms with Crippen molar-refractivity contribution in [1.82, 2.24) is 0 Å². The molecule has 0 radical (unpaired) electrons. The number of hydrogen-bond acceptors (Lipinski definition) is 4. The van der Waals surface area contributed by atoms with Gasteiger partial charge in [0.15, 0.2) is 0 Å². The minimum absolute atomic E-state index is 0.0138. The summed E-state index contributed by atoms with van der Waals surface area (Å²) in [5.74, 6) is -1.95. The van der Waals surface area contributed by atoms with E-state index in [-0.39, 0.29) is 16.1 Å². The molecule has 1 aliphatic carbocycles. The molecule has 0 spiro atoms. The zero-order chi connectivity index (χ0) is 15.1. The van der Waals surface area contributed by atoms with E-state index in [1.165, 1.54) is 13.0 Å². The van der Waals surface area contributed by atoms with Crippen LogP contribution in [-0.2, 0) is 4.79 Å². The predicted molar refractivity (Wildman–Crippen MR) is 73.1 cm³/mol. The quantitative estimate of drug-likeness (QED) is 0.631. The Morgan fingerprint density at radius 2 is 2.20 bits per heavy atom. The molecule has 0 aromatic heterocycles. The van der Waals surface area contributed by atoms with E-state index in [0.717, 1.165) is 18.9 Å². The topological polar surface area (TPSA) is 92.5 Å². The third kappa shape index (κ3) is 2.60. The number of nitro groups is 1. The van der Waals surface area contributed by atoms with E-state index in [2.05, 4.69) is 21.2 Å². The van der Waals surface area contributed by atoms with E-state index >= 15 is 0 Å². The van der Waals surface area contributed by atoms with Gasteiger partial charge in [-0.1, -0.05) is 0 Å². The first-order valence-electron chi connectivity index (χ1n) is 5.90. The number of benzene rings is 1. The van der Waals surface area contributed by atoms with Crippen LogP contribution < -0.4 is 5.32 Å². The van der Waals surface area contributed by atoms with Crippen LogP contribution in [0.3, 0.4) is 0 Å². The lowest BCUT2D eigenvalue weighted by molar-refractivity contribution is -0.384. The molecule has 0 amide bonds. The number of halogens is 2. The SMILES string of the molecule is CC(Nc1cc(Br)c(F)cc1[N+](=O)[O-])(C(=O)O)C1CC1. The van der Waals surface area contributed by atoms with E-state index in [1.807, 2.05) is 0 Å². The van der Waals surface area contributed by atoms with Gasteiger partial charge in [0, 0.05) is 0 Å². The molecular weight excluding hydrogens is 335 g/mol. The summed E-state index contributed by atoms with van der Waals surface area (Å²) in [6.45, 7) is 1.48. The van der Waals surface area contributed by atoms with Crippen molar-refractivity contribution in [3.05, 3.63) is 32.5 Å². The number of aliphatic carboxylic acids is 1. The van der Waals surface area contributed by atoms with E-state index in [0.29, 0.717) is 0 Å². The molecule has 2 rings (SSSR count). The van der Waals surface area contributed by atoms with E-state index in [9.17, 15) is 24.4 Å². The summed E-state index contributed by atoms with van der Waals surface area (Å²) in [7, 11) is 0. The third-order valence-corrected chi connectivity index (χ3v) is 4.08. The highest BCUT2D eigenvalue weighted by atomic mass is 79.9. The number of nitrogens with one attached hydrogen (secondary N) is 1. The van der Waals surface area contributed by atoms with Crippen LogP contribution in [0.25, 0.3) is 0 Å². The van der Waals surface area contributed by atoms with Crippen LogP contribution in [0.15, 0.2) is 16.6 Å². The van der Waals surface area contributed by atoms with Gasteiger partial charge < -0.3 is 10.4 Å². The maximum absolute atomic E-state index is 13.4. The standard InChI is InChI=1S/C12H12BrFN2O4/c1-12(11(17)18,6-2-3-6)15-9-4-7(13)8(14)5-10(9)16(19)20/h4-6,15H,2-3H2,1H3,(H,17,18). The number of nitrogens with zero attached hydrogens (tertiary/aromatic N) is 1. The largest absolute Gasteiger partial charge is 0.480 e. The number of rotatable bonds is 5. The van der Waals surface area contributed by atoms with Crippen molar-refractivity contribution >= 4 is 33.3 Å². The molecule has 8 heteroatoms. The van der Waals surface area contributed by atoms with Gasteiger partial charge in [-0.25, -0.2) is 9.18 Å². The van der Waals surface area contributed by atoms with Gasteiger partial charge in [0.05, 0.1) is 15.5 Å². The molecule has 0 heterocycles. The highest BCUT2D eigenvalue weighted by Crippen LogP contribution is 2.43. The fourth-order valence-corrected chi connectivity index (χ4v) is 2.40. The predicted octanol–water partition coefficient (Wildman–Crippen LogP) is 3.16. The Bertz CT molecular complexity index is 591. The van der Waals surface area contributed by atoms with Gasteiger partial charge in [-0.3, -0.25) is 10.1 Å². The number of nitro benzene ring substituents is 1. The molecule has 0 bridgehead atoms. The van der Waals surface area contributed by atoms with Crippen molar-refractivity contribution in [2.24, 2.45) is 5.92 Å². The van der Waals surface area contributed by atoms with Gasteiger partial charge in [0.1, 0.15) is 17.0 Å². The Labute approximate surface area is 122 Å². The highest BCUT2D eigenvalue weighted by Gasteiger charge is 2.48. The molecule has 1 aliphatic rings. The van der Waals surface area contributed by atoms with Crippen molar-refractivity contribution in [3.63, 3.8) is 0 Å². The number of hydrogen-bond donors (Lipinski definition) is 2. The minimum Gasteiger partial charge on any atom is -0.480 e. The lowest BCUT2D eigenvalue weighted by atomic mass is 9.95. The molecule has 1 atom stereocenters. The van der Waals surface area contributed by atoms with Crippen LogP contribution in [0.1, 0.15) is 19.8 Å². The molecule has 2 N–H and O–H groups in total. The second-order valence-corrected chi connectivity index (χ2v) is 5.80. The Morgan fingerprint density at radius 1 is 1.60 bits per heavy atom. The first-order valence-corrected chi connectivity index (χ1v) is 6.70. The molecule has 1 unspecified atom stereocenters. The van der Waals surface area contributed by atoms with Crippen LogP contribution >= 0.6 is 15.9 Å². The van der Waals surface area contributed by atoms with Gasteiger partial charge in [-0.05, 0) is 47.7 Å². The maximum atomic E-state index is 13.4. The molecule has 20 heavy (non-hydrogen) atoms. The summed E-state index contributed by atoms with van der Waals surface area (Å²) in [6, 6.07) is 1.96. The molecule has 0 saturated heterocycles. The Kier molecular flexibility index (Phi) is 3.68. The monoisotopic (exact) mass is 346 g/mol. The average Bonchev–Trinajstić information content (AvgIpc) is 3.17. The first-order chi connectivity index (χ1) is 9.25. The van der Waals surface area contributed by atoms with Gasteiger partial charge in [0.25, 0.3) is 5.69 Å². The molecule has 1 aromatic carbocycles. The first kappa shape index (κ1) is 14.7. The molecule has 1 fully saturated rings. The maximum Gasteiger partial charge on any atom is 0.329 e. The Balaban J connectivity index is 2.44. The number of carboxylic acid groups (broad SMARTS) is 1. The van der Waals surface area contributed by atoms with Crippen LogP contribution in [0.5, 0.6) is 0 Å². The van der Waals surface area contributed by atoms with Crippen molar-refractivity contribution in [1.29, 1.82) is 0 Å². The lowest BCUT2D eigenvalue weighted by Crippen LogP contribution is -2.45. The van der Waals surface area contributed by atoms with Crippen molar-refractivity contribution in [3.8, 4) is 0 Å². The number of carboxylic acids is 1. The molecule has 6 nitrogen and oxygen atoms in total. The second-order valence-electron chi connectivity index (χ2n) is 4.95. The average molecular weight is 347 g/mol. The summed E-state index contributed by atoms with van der Waals surface area (Å²) >= 11 is 2.94. The molecular formula is C12H12BrFN2O4. The van der Waals surface area contributed by atoms with Crippen molar-refractivity contribution in [2.45, 2.75) is 25.3 Å². The molecule has 1 aromatic rings. The van der Waals surface area contributed by atoms with Gasteiger partial charge in [0.2, 0.25) is 0 Å². The zero-order valence-corrected chi connectivity index (χ0v) is 12.1. The second kappa shape index (κ2) is 5.01. The van der Waals surface area contributed by atoms with Crippen LogP contribution in [0.4, 0.5) is 15.8 Å². The zero-order valence-electron chi connectivity index (χ0n) is 10.5. The normalized spacial score (nSPS) is 17.4. The van der Waals surface area contributed by atoms with Crippen LogP contribution in [0.2, 0.25) is 0 Å². The number of carbonyl (C=O) groups is 1. The molecule has 108 valence electrons. The Hall–Kier alpha value is -1.70. The van der Waals surface area contributed by atoms with Gasteiger partial charge in [-0.15, -0.1) is 0 Å². The minimum atomic E-state index is -1.30. The van der Waals surface area contributed by atoms with Gasteiger partial charge >= 0.3 is 5.97 Å². The van der Waals surface area contributed by atoms with E-state index in [1.54, 1.807) is 0 Å². The summed E-state index contributed by atoms with van der Waals surface area (Å²) in [5.41, 5.74) is -1.80. The Morgan fingerprint density at radius 3 is 2.65 bits per heavy atom. The molecule has 0 aliphatic heterocycles. The lowest BCUT2D eigenvalue weighted by Gasteiger charge is -2.27. The van der Waals surface area contributed by atoms with Crippen molar-refractivity contribution < 1.29 is 19.2 Å². The third-order valence-electron chi connectivity index (χ3n) is 3.47. The van der Waals surface area contributed by atoms with Crippen molar-refractivity contribution in [2.75, 3.05) is 5.32 Å². The fourth-order valence-electron chi connectivity index (χ4n) is 2.06. The smallest absolute Gasteiger partial charge is 0.329 e. The van der Waals surface area contributed by atoms with Crippen LogP contribution in [0, 0.1) is 21.8 Å². The van der Waals surface area contributed by atoms with E-state index < -0.39 is 27.9 Å². The summed E-state index contributed by atoms with van der Waals surface area (Å²) in [6.07, 6.45) is 1.48.